The van der Waals surface area contributed by atoms with Gasteiger partial charge in [0.1, 0.15) is 5.75 Å². The van der Waals surface area contributed by atoms with Crippen LogP contribution >= 0.6 is 11.3 Å². The standard InChI is InChI=1S/C17H17F3N2O4S/c1-2-25-15(24)9-12-10-27-16(21-12)22-14(23)8-5-11-3-6-13(7-4-11)26-17(18,19)20/h3-4,6-7,10H,2,5,8-9H2,1H3,(H,21,22,23). The molecule has 0 fully saturated rings. The average molecular weight is 402 g/mol. The second kappa shape index (κ2) is 9.36. The minimum absolute atomic E-state index is 0.0343. The molecule has 1 heterocycles. The predicted molar refractivity (Wildman–Crippen MR) is 92.5 cm³/mol. The number of anilines is 1. The molecule has 146 valence electrons. The van der Waals surface area contributed by atoms with Crippen molar-refractivity contribution in [3.05, 3.63) is 40.9 Å². The van der Waals surface area contributed by atoms with Crippen LogP contribution < -0.4 is 10.1 Å². The van der Waals surface area contributed by atoms with Crippen LogP contribution in [-0.2, 0) is 27.2 Å². The molecule has 0 saturated heterocycles. The molecule has 1 amide bonds. The topological polar surface area (TPSA) is 77.5 Å². The molecule has 10 heteroatoms. The molecule has 6 nitrogen and oxygen atoms in total. The van der Waals surface area contributed by atoms with E-state index in [0.29, 0.717) is 22.8 Å². The Morgan fingerprint density at radius 2 is 1.93 bits per heavy atom. The Labute approximate surface area is 157 Å². The number of halogens is 3. The van der Waals surface area contributed by atoms with Gasteiger partial charge >= 0.3 is 12.3 Å². The number of carbonyl (C=O) groups is 2. The van der Waals surface area contributed by atoms with Gasteiger partial charge in [0.15, 0.2) is 5.13 Å². The number of esters is 1. The maximum atomic E-state index is 12.1. The zero-order valence-corrected chi connectivity index (χ0v) is 15.2. The molecule has 0 unspecified atom stereocenters. The number of alkyl halides is 3. The summed E-state index contributed by atoms with van der Waals surface area (Å²) in [4.78, 5) is 27.5. The zero-order chi connectivity index (χ0) is 19.9. The maximum Gasteiger partial charge on any atom is 0.573 e. The minimum Gasteiger partial charge on any atom is -0.466 e. The van der Waals surface area contributed by atoms with Crippen LogP contribution in [0.1, 0.15) is 24.6 Å². The predicted octanol–water partition coefficient (Wildman–Crippen LogP) is 3.72. The highest BCUT2D eigenvalue weighted by molar-refractivity contribution is 7.13. The number of benzene rings is 1. The van der Waals surface area contributed by atoms with Crippen LogP contribution in [0, 0.1) is 0 Å². The van der Waals surface area contributed by atoms with E-state index in [-0.39, 0.29) is 31.1 Å². The number of amides is 1. The Hall–Kier alpha value is -2.62. The van der Waals surface area contributed by atoms with Gasteiger partial charge < -0.3 is 14.8 Å². The highest BCUT2D eigenvalue weighted by Crippen LogP contribution is 2.23. The van der Waals surface area contributed by atoms with E-state index in [2.05, 4.69) is 15.0 Å². The molecule has 0 aliphatic carbocycles. The fraction of sp³-hybridized carbons (Fsp3) is 0.353. The second-order valence-corrected chi connectivity index (χ2v) is 6.22. The summed E-state index contributed by atoms with van der Waals surface area (Å²) in [6.07, 6.45) is -4.22. The van der Waals surface area contributed by atoms with E-state index in [1.807, 2.05) is 0 Å². The van der Waals surface area contributed by atoms with Crippen molar-refractivity contribution in [1.82, 2.24) is 4.98 Å². The monoisotopic (exact) mass is 402 g/mol. The number of ether oxygens (including phenoxy) is 2. The first kappa shape index (κ1) is 20.7. The Morgan fingerprint density at radius 3 is 2.56 bits per heavy atom. The van der Waals surface area contributed by atoms with Gasteiger partial charge in [-0.1, -0.05) is 12.1 Å². The lowest BCUT2D eigenvalue weighted by atomic mass is 10.1. The van der Waals surface area contributed by atoms with Crippen molar-refractivity contribution in [2.75, 3.05) is 11.9 Å². The minimum atomic E-state index is -4.73. The summed E-state index contributed by atoms with van der Waals surface area (Å²) in [5, 5.41) is 4.65. The Balaban J connectivity index is 1.79. The number of aryl methyl sites for hydroxylation is 1. The Kier molecular flexibility index (Phi) is 7.17. The molecular formula is C17H17F3N2O4S. The fourth-order valence-corrected chi connectivity index (χ4v) is 2.83. The van der Waals surface area contributed by atoms with E-state index in [9.17, 15) is 22.8 Å². The molecule has 0 atom stereocenters. The molecule has 27 heavy (non-hydrogen) atoms. The first-order chi connectivity index (χ1) is 12.7. The highest BCUT2D eigenvalue weighted by Gasteiger charge is 2.30. The van der Waals surface area contributed by atoms with Gasteiger partial charge in [-0.05, 0) is 31.0 Å². The number of carbonyl (C=O) groups excluding carboxylic acids is 2. The van der Waals surface area contributed by atoms with Crippen LogP contribution in [0.15, 0.2) is 29.6 Å². The molecule has 2 rings (SSSR count). The maximum absolute atomic E-state index is 12.1. The molecule has 1 N–H and O–H groups in total. The van der Waals surface area contributed by atoms with Crippen molar-refractivity contribution in [2.24, 2.45) is 0 Å². The van der Waals surface area contributed by atoms with Gasteiger partial charge in [-0.15, -0.1) is 24.5 Å². The van der Waals surface area contributed by atoms with Crippen molar-refractivity contribution in [1.29, 1.82) is 0 Å². The van der Waals surface area contributed by atoms with Crippen molar-refractivity contribution in [3.63, 3.8) is 0 Å². The van der Waals surface area contributed by atoms with Crippen molar-refractivity contribution < 1.29 is 32.2 Å². The third-order valence-electron chi connectivity index (χ3n) is 3.23. The van der Waals surface area contributed by atoms with Crippen molar-refractivity contribution >= 4 is 28.3 Å². The summed E-state index contributed by atoms with van der Waals surface area (Å²) in [7, 11) is 0. The summed E-state index contributed by atoms with van der Waals surface area (Å²) in [6, 6.07) is 5.33. The van der Waals surface area contributed by atoms with Crippen LogP contribution in [0.5, 0.6) is 5.75 Å². The van der Waals surface area contributed by atoms with Crippen molar-refractivity contribution in [3.8, 4) is 5.75 Å². The molecule has 0 bridgehead atoms. The van der Waals surface area contributed by atoms with Crippen LogP contribution in [0.4, 0.5) is 18.3 Å². The number of hydrogen-bond donors (Lipinski definition) is 1. The molecule has 1 aromatic carbocycles. The Morgan fingerprint density at radius 1 is 1.22 bits per heavy atom. The number of aromatic nitrogens is 1. The van der Waals surface area contributed by atoms with Gasteiger partial charge in [0.25, 0.3) is 0 Å². The number of nitrogens with zero attached hydrogens (tertiary/aromatic N) is 1. The quantitative estimate of drug-likeness (QED) is 0.681. The van der Waals surface area contributed by atoms with E-state index in [1.165, 1.54) is 35.6 Å². The van der Waals surface area contributed by atoms with E-state index < -0.39 is 12.3 Å². The molecule has 1 aromatic heterocycles. The van der Waals surface area contributed by atoms with Crippen LogP contribution in [-0.4, -0.2) is 29.8 Å². The van der Waals surface area contributed by atoms with Crippen LogP contribution in [0.2, 0.25) is 0 Å². The zero-order valence-electron chi connectivity index (χ0n) is 14.3. The van der Waals surface area contributed by atoms with E-state index in [4.69, 9.17) is 4.74 Å². The lowest BCUT2D eigenvalue weighted by molar-refractivity contribution is -0.274. The number of thiazole rings is 1. The smallest absolute Gasteiger partial charge is 0.466 e. The first-order valence-corrected chi connectivity index (χ1v) is 8.87. The summed E-state index contributed by atoms with van der Waals surface area (Å²) in [5.41, 5.74) is 1.20. The van der Waals surface area contributed by atoms with Crippen molar-refractivity contribution in [2.45, 2.75) is 32.5 Å². The summed E-state index contributed by atoms with van der Waals surface area (Å²) in [5.74, 6) is -0.992. The Bertz CT molecular complexity index is 775. The molecular weight excluding hydrogens is 385 g/mol. The third kappa shape index (κ3) is 7.65. The molecule has 0 radical (unpaired) electrons. The van der Waals surface area contributed by atoms with Gasteiger partial charge in [-0.3, -0.25) is 9.59 Å². The van der Waals surface area contributed by atoms with Crippen LogP contribution in [0.25, 0.3) is 0 Å². The summed E-state index contributed by atoms with van der Waals surface area (Å²) >= 11 is 1.19. The number of rotatable bonds is 8. The van der Waals surface area contributed by atoms with Crippen LogP contribution in [0.3, 0.4) is 0 Å². The lowest BCUT2D eigenvalue weighted by Crippen LogP contribution is -2.17. The van der Waals surface area contributed by atoms with Gasteiger partial charge in [-0.2, -0.15) is 0 Å². The largest absolute Gasteiger partial charge is 0.573 e. The molecule has 0 aliphatic rings. The molecule has 2 aromatic rings. The first-order valence-electron chi connectivity index (χ1n) is 7.99. The lowest BCUT2D eigenvalue weighted by Gasteiger charge is -2.09. The fourth-order valence-electron chi connectivity index (χ4n) is 2.10. The van der Waals surface area contributed by atoms with Gasteiger partial charge in [-0.25, -0.2) is 4.98 Å². The SMILES string of the molecule is CCOC(=O)Cc1csc(NC(=O)CCc2ccc(OC(F)(F)F)cc2)n1. The molecule has 0 spiro atoms. The van der Waals surface area contributed by atoms with E-state index >= 15 is 0 Å². The molecule has 0 saturated carbocycles. The van der Waals surface area contributed by atoms with Gasteiger partial charge in [0.05, 0.1) is 18.7 Å². The second-order valence-electron chi connectivity index (χ2n) is 5.37. The van der Waals surface area contributed by atoms with Gasteiger partial charge in [0.2, 0.25) is 5.91 Å². The number of hydrogen-bond acceptors (Lipinski definition) is 6. The average Bonchev–Trinajstić information content (AvgIpc) is 2.99. The molecule has 0 aliphatic heterocycles. The summed E-state index contributed by atoms with van der Waals surface area (Å²) in [6.45, 7) is 2.00. The van der Waals surface area contributed by atoms with E-state index in [1.54, 1.807) is 12.3 Å². The third-order valence-corrected chi connectivity index (χ3v) is 4.03. The number of nitrogens with one attached hydrogen (secondary N) is 1. The normalized spacial score (nSPS) is 11.1. The van der Waals surface area contributed by atoms with Gasteiger partial charge in [0, 0.05) is 11.8 Å². The van der Waals surface area contributed by atoms with E-state index in [0.717, 1.165) is 0 Å². The highest BCUT2D eigenvalue weighted by atomic mass is 32.1. The summed E-state index contributed by atoms with van der Waals surface area (Å²) < 4.78 is 44.9.